The van der Waals surface area contributed by atoms with E-state index in [0.29, 0.717) is 12.0 Å². The smallest absolute Gasteiger partial charge is 0.393 e. The van der Waals surface area contributed by atoms with Crippen molar-refractivity contribution in [1.82, 2.24) is 0 Å². The number of hydrogen-bond acceptors (Lipinski definition) is 1. The number of halogens is 3. The minimum absolute atomic E-state index is 0.373. The van der Waals surface area contributed by atoms with Gasteiger partial charge in [-0.1, -0.05) is 12.1 Å². The van der Waals surface area contributed by atoms with E-state index >= 15 is 0 Å². The predicted octanol–water partition coefficient (Wildman–Crippen LogP) is 2.63. The third-order valence-electron chi connectivity index (χ3n) is 1.81. The molecule has 0 heterocycles. The molecule has 0 amide bonds. The summed E-state index contributed by atoms with van der Waals surface area (Å²) in [5, 5.41) is 9.01. The van der Waals surface area contributed by atoms with Crippen LogP contribution in [0.15, 0.2) is 24.3 Å². The lowest BCUT2D eigenvalue weighted by atomic mass is 10.1. The number of aliphatic hydroxyl groups excluding tert-OH is 1. The Labute approximate surface area is 80.2 Å². The summed E-state index contributed by atoms with van der Waals surface area (Å²) in [5.41, 5.74) is 0.0415. The van der Waals surface area contributed by atoms with Crippen LogP contribution in [-0.2, 0) is 12.6 Å². The van der Waals surface area contributed by atoms with Crippen molar-refractivity contribution in [2.45, 2.75) is 25.6 Å². The number of rotatable bonds is 2. The Morgan fingerprint density at radius 2 is 1.71 bits per heavy atom. The number of hydrogen-bond donors (Lipinski definition) is 1. The monoisotopic (exact) mass is 204 g/mol. The number of aliphatic hydroxyl groups is 1. The zero-order chi connectivity index (χ0) is 10.8. The molecule has 0 aliphatic rings. The molecule has 0 radical (unpaired) electrons. The number of benzene rings is 1. The second-order valence-corrected chi connectivity index (χ2v) is 3.25. The summed E-state index contributed by atoms with van der Waals surface area (Å²) in [6.07, 6.45) is -4.45. The molecule has 0 spiro atoms. The zero-order valence-corrected chi connectivity index (χ0v) is 7.67. The maximum atomic E-state index is 12.1. The Morgan fingerprint density at radius 1 is 1.21 bits per heavy atom. The van der Waals surface area contributed by atoms with E-state index in [4.69, 9.17) is 5.11 Å². The van der Waals surface area contributed by atoms with E-state index in [1.807, 2.05) is 0 Å². The van der Waals surface area contributed by atoms with Crippen molar-refractivity contribution in [2.24, 2.45) is 0 Å². The predicted molar refractivity (Wildman–Crippen MR) is 46.8 cm³/mol. The van der Waals surface area contributed by atoms with Crippen LogP contribution in [0.25, 0.3) is 0 Å². The van der Waals surface area contributed by atoms with Gasteiger partial charge in [0.2, 0.25) is 0 Å². The van der Waals surface area contributed by atoms with Crippen LogP contribution >= 0.6 is 0 Å². The fourth-order valence-corrected chi connectivity index (χ4v) is 1.17. The van der Waals surface area contributed by atoms with Gasteiger partial charge in [0, 0.05) is 0 Å². The van der Waals surface area contributed by atoms with E-state index in [-0.39, 0.29) is 0 Å². The normalized spacial score (nSPS) is 14.1. The fraction of sp³-hybridized carbons (Fsp3) is 0.400. The van der Waals surface area contributed by atoms with Gasteiger partial charge in [0.05, 0.1) is 11.7 Å². The van der Waals surface area contributed by atoms with Crippen LogP contribution < -0.4 is 0 Å². The average Bonchev–Trinajstić information content (AvgIpc) is 2.02. The van der Waals surface area contributed by atoms with Crippen molar-refractivity contribution in [3.63, 3.8) is 0 Å². The quantitative estimate of drug-likeness (QED) is 0.785. The summed E-state index contributed by atoms with van der Waals surface area (Å²) < 4.78 is 36.4. The van der Waals surface area contributed by atoms with E-state index in [9.17, 15) is 13.2 Å². The van der Waals surface area contributed by atoms with Gasteiger partial charge in [0.25, 0.3) is 0 Å². The number of alkyl halides is 3. The van der Waals surface area contributed by atoms with E-state index < -0.39 is 17.8 Å². The zero-order valence-electron chi connectivity index (χ0n) is 7.67. The Kier molecular flexibility index (Phi) is 3.16. The summed E-state index contributed by atoms with van der Waals surface area (Å²) >= 11 is 0. The molecule has 0 fully saturated rings. The molecule has 0 aromatic heterocycles. The van der Waals surface area contributed by atoms with Crippen LogP contribution in [0.1, 0.15) is 18.1 Å². The maximum Gasteiger partial charge on any atom is 0.416 e. The van der Waals surface area contributed by atoms with Gasteiger partial charge in [-0.2, -0.15) is 13.2 Å². The van der Waals surface area contributed by atoms with Crippen molar-refractivity contribution in [1.29, 1.82) is 0 Å². The minimum atomic E-state index is -4.29. The van der Waals surface area contributed by atoms with Crippen molar-refractivity contribution in [3.05, 3.63) is 35.4 Å². The second-order valence-electron chi connectivity index (χ2n) is 3.25. The van der Waals surface area contributed by atoms with E-state index in [0.717, 1.165) is 12.1 Å². The summed E-state index contributed by atoms with van der Waals surface area (Å²) in [6, 6.07) is 4.82. The van der Waals surface area contributed by atoms with Crippen LogP contribution in [-0.4, -0.2) is 11.2 Å². The summed E-state index contributed by atoms with van der Waals surface area (Å²) in [5.74, 6) is 0. The SMILES string of the molecule is C[C@@H](O)Cc1ccc(C(F)(F)F)cc1. The molecule has 1 atom stereocenters. The van der Waals surface area contributed by atoms with Gasteiger partial charge in [-0.3, -0.25) is 0 Å². The molecule has 0 bridgehead atoms. The van der Waals surface area contributed by atoms with Crippen LogP contribution in [0.2, 0.25) is 0 Å². The van der Waals surface area contributed by atoms with Gasteiger partial charge in [0.1, 0.15) is 0 Å². The summed E-state index contributed by atoms with van der Waals surface area (Å²) in [6.45, 7) is 1.59. The lowest BCUT2D eigenvalue weighted by molar-refractivity contribution is -0.137. The molecule has 0 saturated heterocycles. The highest BCUT2D eigenvalue weighted by Gasteiger charge is 2.29. The van der Waals surface area contributed by atoms with E-state index in [1.54, 1.807) is 6.92 Å². The molecule has 4 heteroatoms. The van der Waals surface area contributed by atoms with Gasteiger partial charge in [0.15, 0.2) is 0 Å². The highest BCUT2D eigenvalue weighted by molar-refractivity contribution is 5.24. The first-order valence-electron chi connectivity index (χ1n) is 4.24. The van der Waals surface area contributed by atoms with Crippen LogP contribution in [0.3, 0.4) is 0 Å². The molecule has 1 aromatic carbocycles. The Balaban J connectivity index is 2.79. The topological polar surface area (TPSA) is 20.2 Å². The van der Waals surface area contributed by atoms with Crippen LogP contribution in [0.5, 0.6) is 0 Å². The molecule has 0 saturated carbocycles. The molecule has 0 aliphatic carbocycles. The molecule has 1 N–H and O–H groups in total. The van der Waals surface area contributed by atoms with Crippen molar-refractivity contribution in [2.75, 3.05) is 0 Å². The highest BCUT2D eigenvalue weighted by atomic mass is 19.4. The molecular weight excluding hydrogens is 193 g/mol. The van der Waals surface area contributed by atoms with Gasteiger partial charge in [-0.15, -0.1) is 0 Å². The second kappa shape index (κ2) is 4.00. The van der Waals surface area contributed by atoms with Gasteiger partial charge in [-0.25, -0.2) is 0 Å². The molecule has 14 heavy (non-hydrogen) atoms. The molecule has 1 aromatic rings. The van der Waals surface area contributed by atoms with Crippen LogP contribution in [0.4, 0.5) is 13.2 Å². The molecule has 1 nitrogen and oxygen atoms in total. The van der Waals surface area contributed by atoms with Gasteiger partial charge >= 0.3 is 6.18 Å². The first kappa shape index (κ1) is 11.0. The summed E-state index contributed by atoms with van der Waals surface area (Å²) in [7, 11) is 0. The Bertz CT molecular complexity index is 287. The van der Waals surface area contributed by atoms with E-state index in [2.05, 4.69) is 0 Å². The Hall–Kier alpha value is -1.03. The van der Waals surface area contributed by atoms with Crippen LogP contribution in [0, 0.1) is 0 Å². The fourth-order valence-electron chi connectivity index (χ4n) is 1.17. The van der Waals surface area contributed by atoms with Crippen molar-refractivity contribution < 1.29 is 18.3 Å². The molecule has 0 unspecified atom stereocenters. The van der Waals surface area contributed by atoms with Crippen molar-refractivity contribution in [3.8, 4) is 0 Å². The van der Waals surface area contributed by atoms with Crippen molar-refractivity contribution >= 4 is 0 Å². The standard InChI is InChI=1S/C10H11F3O/c1-7(14)6-8-2-4-9(5-3-8)10(11,12)13/h2-5,7,14H,6H2,1H3/t7-/m1/s1. The average molecular weight is 204 g/mol. The highest BCUT2D eigenvalue weighted by Crippen LogP contribution is 2.29. The van der Waals surface area contributed by atoms with E-state index in [1.165, 1.54) is 12.1 Å². The lowest BCUT2D eigenvalue weighted by Crippen LogP contribution is -2.07. The lowest BCUT2D eigenvalue weighted by Gasteiger charge is -2.08. The third kappa shape index (κ3) is 3.03. The maximum absolute atomic E-state index is 12.1. The van der Waals surface area contributed by atoms with Gasteiger partial charge in [-0.05, 0) is 31.0 Å². The van der Waals surface area contributed by atoms with Gasteiger partial charge < -0.3 is 5.11 Å². The molecule has 0 aliphatic heterocycles. The minimum Gasteiger partial charge on any atom is -0.393 e. The Morgan fingerprint density at radius 3 is 2.07 bits per heavy atom. The molecule has 78 valence electrons. The first-order chi connectivity index (χ1) is 6.39. The molecular formula is C10H11F3O. The summed E-state index contributed by atoms with van der Waals surface area (Å²) in [4.78, 5) is 0. The largest absolute Gasteiger partial charge is 0.416 e. The first-order valence-corrected chi connectivity index (χ1v) is 4.24. The third-order valence-corrected chi connectivity index (χ3v) is 1.81. The molecule has 1 rings (SSSR count).